The minimum absolute atomic E-state index is 0.275. The highest BCUT2D eigenvalue weighted by atomic mass is 16.7. The Morgan fingerprint density at radius 2 is 1.94 bits per heavy atom. The van der Waals surface area contributed by atoms with E-state index in [2.05, 4.69) is 42.6 Å². The highest BCUT2D eigenvalue weighted by Gasteiger charge is 2.08. The van der Waals surface area contributed by atoms with Gasteiger partial charge in [-0.2, -0.15) is 0 Å². The summed E-state index contributed by atoms with van der Waals surface area (Å²) in [5, 5.41) is 5.81. The summed E-state index contributed by atoms with van der Waals surface area (Å²) < 4.78 is 10.6. The second-order valence-electron chi connectivity index (χ2n) is 4.09. The monoisotopic (exact) mass is 245 g/mol. The molecule has 0 spiro atoms. The molecule has 0 unspecified atom stereocenters. The molecule has 0 amide bonds. The van der Waals surface area contributed by atoms with Gasteiger partial charge in [0.05, 0.1) is 0 Å². The van der Waals surface area contributed by atoms with E-state index in [0.29, 0.717) is 0 Å². The van der Waals surface area contributed by atoms with Crippen LogP contribution in [0.2, 0.25) is 0 Å². The minimum Gasteiger partial charge on any atom is -0.467 e. The van der Waals surface area contributed by atoms with Gasteiger partial charge in [-0.3, -0.25) is 0 Å². The van der Waals surface area contributed by atoms with Gasteiger partial charge in [-0.05, 0) is 23.4 Å². The molecule has 0 radical (unpaired) electrons. The van der Waals surface area contributed by atoms with Crippen LogP contribution in [0.15, 0.2) is 36.4 Å². The molecule has 0 aliphatic carbocycles. The highest BCUT2D eigenvalue weighted by molar-refractivity contribution is 5.87. The molecule has 18 heavy (non-hydrogen) atoms. The summed E-state index contributed by atoms with van der Waals surface area (Å²) in [6.07, 6.45) is 0. The molecule has 1 N–H and O–H groups in total. The van der Waals surface area contributed by atoms with Crippen molar-refractivity contribution in [1.29, 1.82) is 0 Å². The summed E-state index contributed by atoms with van der Waals surface area (Å²) >= 11 is 0. The highest BCUT2D eigenvalue weighted by Crippen LogP contribution is 2.28. The molecule has 0 bridgehead atoms. The molecular weight excluding hydrogens is 226 g/mol. The normalized spacial score (nSPS) is 10.8. The van der Waals surface area contributed by atoms with Gasteiger partial charge in [0.25, 0.3) is 0 Å². The molecule has 2 aromatic carbocycles. The van der Waals surface area contributed by atoms with Gasteiger partial charge in [0.2, 0.25) is 0 Å². The number of ether oxygens (including phenoxy) is 2. The number of hydrogen-bond donors (Lipinski definition) is 1. The molecule has 0 aliphatic heterocycles. The van der Waals surface area contributed by atoms with Crippen LogP contribution in [-0.2, 0) is 11.3 Å². The molecule has 2 rings (SSSR count). The third-order valence-electron chi connectivity index (χ3n) is 2.88. The Bertz CT molecular complexity index is 511. The zero-order valence-electron chi connectivity index (χ0n) is 10.9. The standard InChI is InChI=1S/C15H19NO2/c1-3-16-10-14-13-7-5-4-6-12(13)8-9-15(14)18-11-17-2/h4-9,16H,3,10-11H2,1-2H3. The van der Waals surface area contributed by atoms with Gasteiger partial charge in [-0.25, -0.2) is 0 Å². The lowest BCUT2D eigenvalue weighted by Gasteiger charge is -2.14. The summed E-state index contributed by atoms with van der Waals surface area (Å²) in [4.78, 5) is 0. The number of methoxy groups -OCH3 is 1. The molecule has 0 aliphatic rings. The smallest absolute Gasteiger partial charge is 0.188 e. The van der Waals surface area contributed by atoms with Crippen LogP contribution in [0.3, 0.4) is 0 Å². The molecule has 96 valence electrons. The summed E-state index contributed by atoms with van der Waals surface area (Å²) in [6, 6.07) is 12.4. The Morgan fingerprint density at radius 3 is 2.72 bits per heavy atom. The fourth-order valence-electron chi connectivity index (χ4n) is 2.01. The van der Waals surface area contributed by atoms with E-state index in [1.54, 1.807) is 7.11 Å². The van der Waals surface area contributed by atoms with E-state index in [4.69, 9.17) is 9.47 Å². The SMILES string of the molecule is CCNCc1c(OCOC)ccc2ccccc12. The second-order valence-corrected chi connectivity index (χ2v) is 4.09. The maximum absolute atomic E-state index is 5.63. The Labute approximate surface area is 108 Å². The Kier molecular flexibility index (Phi) is 4.56. The fraction of sp³-hybridized carbons (Fsp3) is 0.333. The zero-order valence-corrected chi connectivity index (χ0v) is 10.9. The molecular formula is C15H19NO2. The Morgan fingerprint density at radius 1 is 1.11 bits per heavy atom. The quantitative estimate of drug-likeness (QED) is 0.794. The van der Waals surface area contributed by atoms with E-state index in [-0.39, 0.29) is 6.79 Å². The van der Waals surface area contributed by atoms with E-state index in [0.717, 1.165) is 18.8 Å². The van der Waals surface area contributed by atoms with Crippen molar-refractivity contribution in [1.82, 2.24) is 5.32 Å². The summed E-state index contributed by atoms with van der Waals surface area (Å²) in [5.41, 5.74) is 1.19. The summed E-state index contributed by atoms with van der Waals surface area (Å²) in [7, 11) is 1.63. The van der Waals surface area contributed by atoms with Crippen LogP contribution >= 0.6 is 0 Å². The zero-order chi connectivity index (χ0) is 12.8. The van der Waals surface area contributed by atoms with Crippen molar-refractivity contribution < 1.29 is 9.47 Å². The number of fused-ring (bicyclic) bond motifs is 1. The van der Waals surface area contributed by atoms with Crippen molar-refractivity contribution >= 4 is 10.8 Å². The molecule has 0 aromatic heterocycles. The van der Waals surface area contributed by atoms with Gasteiger partial charge in [0.15, 0.2) is 6.79 Å². The lowest BCUT2D eigenvalue weighted by Crippen LogP contribution is -2.13. The van der Waals surface area contributed by atoms with E-state index in [1.807, 2.05) is 6.07 Å². The van der Waals surface area contributed by atoms with Crippen molar-refractivity contribution in [3.8, 4) is 5.75 Å². The van der Waals surface area contributed by atoms with Gasteiger partial charge in [-0.15, -0.1) is 0 Å². The van der Waals surface area contributed by atoms with Crippen LogP contribution in [0.4, 0.5) is 0 Å². The van der Waals surface area contributed by atoms with Gasteiger partial charge in [0, 0.05) is 19.2 Å². The molecule has 0 heterocycles. The largest absolute Gasteiger partial charge is 0.467 e. The predicted octanol–water partition coefficient (Wildman–Crippen LogP) is 2.93. The average molecular weight is 245 g/mol. The first-order chi connectivity index (χ1) is 8.86. The molecule has 0 saturated carbocycles. The van der Waals surface area contributed by atoms with Crippen LogP contribution in [0.1, 0.15) is 12.5 Å². The van der Waals surface area contributed by atoms with Crippen LogP contribution < -0.4 is 10.1 Å². The molecule has 3 heteroatoms. The molecule has 0 fully saturated rings. The number of nitrogens with one attached hydrogen (secondary N) is 1. The third kappa shape index (κ3) is 2.81. The topological polar surface area (TPSA) is 30.5 Å². The first-order valence-corrected chi connectivity index (χ1v) is 6.20. The molecule has 0 atom stereocenters. The maximum Gasteiger partial charge on any atom is 0.188 e. The number of hydrogen-bond acceptors (Lipinski definition) is 3. The van der Waals surface area contributed by atoms with Gasteiger partial charge < -0.3 is 14.8 Å². The van der Waals surface area contributed by atoms with E-state index in [9.17, 15) is 0 Å². The Balaban J connectivity index is 2.41. The van der Waals surface area contributed by atoms with Crippen molar-refractivity contribution in [2.75, 3.05) is 20.4 Å². The van der Waals surface area contributed by atoms with Crippen molar-refractivity contribution in [2.45, 2.75) is 13.5 Å². The lowest BCUT2D eigenvalue weighted by atomic mass is 10.0. The van der Waals surface area contributed by atoms with Crippen LogP contribution in [-0.4, -0.2) is 20.4 Å². The summed E-state index contributed by atoms with van der Waals surface area (Å²) in [6.45, 7) is 4.11. The minimum atomic E-state index is 0.275. The molecule has 2 aromatic rings. The van der Waals surface area contributed by atoms with Gasteiger partial charge in [0.1, 0.15) is 5.75 Å². The van der Waals surface area contributed by atoms with E-state index >= 15 is 0 Å². The lowest BCUT2D eigenvalue weighted by molar-refractivity contribution is 0.0505. The van der Waals surface area contributed by atoms with E-state index < -0.39 is 0 Å². The van der Waals surface area contributed by atoms with Gasteiger partial charge in [-0.1, -0.05) is 37.3 Å². The Hall–Kier alpha value is -1.58. The first-order valence-electron chi connectivity index (χ1n) is 6.20. The van der Waals surface area contributed by atoms with Crippen LogP contribution in [0, 0.1) is 0 Å². The van der Waals surface area contributed by atoms with Crippen LogP contribution in [0.5, 0.6) is 5.75 Å². The average Bonchev–Trinajstić information content (AvgIpc) is 2.43. The molecule has 3 nitrogen and oxygen atoms in total. The first kappa shape index (κ1) is 12.9. The fourth-order valence-corrected chi connectivity index (χ4v) is 2.01. The maximum atomic E-state index is 5.63. The van der Waals surface area contributed by atoms with Crippen molar-refractivity contribution in [2.24, 2.45) is 0 Å². The number of benzene rings is 2. The van der Waals surface area contributed by atoms with Gasteiger partial charge >= 0.3 is 0 Å². The number of rotatable bonds is 6. The van der Waals surface area contributed by atoms with Crippen LogP contribution in [0.25, 0.3) is 10.8 Å². The predicted molar refractivity (Wildman–Crippen MR) is 73.8 cm³/mol. The van der Waals surface area contributed by atoms with E-state index in [1.165, 1.54) is 16.3 Å². The third-order valence-corrected chi connectivity index (χ3v) is 2.88. The summed E-state index contributed by atoms with van der Waals surface area (Å²) in [5.74, 6) is 0.886. The second kappa shape index (κ2) is 6.38. The van der Waals surface area contributed by atoms with Crippen molar-refractivity contribution in [3.63, 3.8) is 0 Å². The van der Waals surface area contributed by atoms with Crippen molar-refractivity contribution in [3.05, 3.63) is 42.0 Å². The molecule has 0 saturated heterocycles.